The van der Waals surface area contributed by atoms with Gasteiger partial charge in [-0.15, -0.1) is 0 Å². The molecule has 0 spiro atoms. The summed E-state index contributed by atoms with van der Waals surface area (Å²) in [7, 11) is 0. The van der Waals surface area contributed by atoms with Crippen LogP contribution in [0.3, 0.4) is 0 Å². The Kier molecular flexibility index (Phi) is 1.89. The summed E-state index contributed by atoms with van der Waals surface area (Å²) in [6.45, 7) is 1.27. The van der Waals surface area contributed by atoms with Crippen LogP contribution < -0.4 is 4.74 Å². The Labute approximate surface area is 57.9 Å². The van der Waals surface area contributed by atoms with Crippen molar-refractivity contribution >= 4 is 6.47 Å². The SMILES string of the molecule is O=[C]Oc1ccc(O)cc1. The first-order chi connectivity index (χ1) is 4.83. The number of benzene rings is 1. The van der Waals surface area contributed by atoms with Crippen LogP contribution in [0.1, 0.15) is 0 Å². The van der Waals surface area contributed by atoms with Crippen LogP contribution >= 0.6 is 0 Å². The van der Waals surface area contributed by atoms with Crippen molar-refractivity contribution in [1.29, 1.82) is 0 Å². The van der Waals surface area contributed by atoms with Crippen LogP contribution in [0.2, 0.25) is 0 Å². The molecule has 0 fully saturated rings. The maximum atomic E-state index is 9.65. The summed E-state index contributed by atoms with van der Waals surface area (Å²) >= 11 is 0. The van der Waals surface area contributed by atoms with Crippen molar-refractivity contribution in [2.45, 2.75) is 0 Å². The van der Waals surface area contributed by atoms with Gasteiger partial charge in [-0.25, -0.2) is 4.79 Å². The van der Waals surface area contributed by atoms with E-state index < -0.39 is 0 Å². The molecule has 51 valence electrons. The Morgan fingerprint density at radius 1 is 1.30 bits per heavy atom. The van der Waals surface area contributed by atoms with E-state index in [1.807, 2.05) is 0 Å². The number of hydrogen-bond donors (Lipinski definition) is 1. The molecule has 0 heterocycles. The third kappa shape index (κ3) is 1.48. The molecule has 10 heavy (non-hydrogen) atoms. The maximum Gasteiger partial charge on any atom is 0.423 e. The fourth-order valence-corrected chi connectivity index (χ4v) is 0.562. The minimum absolute atomic E-state index is 0.137. The number of ether oxygens (including phenoxy) is 1. The highest BCUT2D eigenvalue weighted by molar-refractivity contribution is 5.46. The Morgan fingerprint density at radius 3 is 2.40 bits per heavy atom. The zero-order valence-corrected chi connectivity index (χ0v) is 5.07. The first-order valence-electron chi connectivity index (χ1n) is 2.66. The molecule has 0 atom stereocenters. The topological polar surface area (TPSA) is 46.5 Å². The van der Waals surface area contributed by atoms with Crippen molar-refractivity contribution in [1.82, 2.24) is 0 Å². The van der Waals surface area contributed by atoms with Gasteiger partial charge in [0.15, 0.2) is 0 Å². The fraction of sp³-hybridized carbons (Fsp3) is 0. The third-order valence-corrected chi connectivity index (χ3v) is 0.996. The molecule has 0 amide bonds. The molecule has 1 radical (unpaired) electrons. The van der Waals surface area contributed by atoms with Gasteiger partial charge in [-0.3, -0.25) is 0 Å². The van der Waals surface area contributed by atoms with Crippen molar-refractivity contribution < 1.29 is 14.6 Å². The average molecular weight is 137 g/mol. The monoisotopic (exact) mass is 137 g/mol. The van der Waals surface area contributed by atoms with Crippen LogP contribution in [0.4, 0.5) is 0 Å². The molecule has 1 aromatic carbocycles. The second-order valence-electron chi connectivity index (χ2n) is 1.68. The van der Waals surface area contributed by atoms with E-state index in [0.29, 0.717) is 5.75 Å². The molecular weight excluding hydrogens is 132 g/mol. The molecule has 1 rings (SSSR count). The Balaban J connectivity index is 2.78. The molecule has 0 aliphatic carbocycles. The van der Waals surface area contributed by atoms with Gasteiger partial charge < -0.3 is 9.84 Å². The van der Waals surface area contributed by atoms with E-state index in [-0.39, 0.29) is 5.75 Å². The molecule has 0 unspecified atom stereocenters. The minimum atomic E-state index is 0.137. The van der Waals surface area contributed by atoms with Crippen LogP contribution in [0, 0.1) is 0 Å². The van der Waals surface area contributed by atoms with Crippen molar-refractivity contribution in [3.63, 3.8) is 0 Å². The molecule has 0 aliphatic rings. The van der Waals surface area contributed by atoms with Crippen LogP contribution in [-0.2, 0) is 4.79 Å². The van der Waals surface area contributed by atoms with Crippen LogP contribution in [0.5, 0.6) is 11.5 Å². The van der Waals surface area contributed by atoms with E-state index in [4.69, 9.17) is 5.11 Å². The van der Waals surface area contributed by atoms with E-state index in [1.54, 1.807) is 0 Å². The van der Waals surface area contributed by atoms with Crippen molar-refractivity contribution in [3.8, 4) is 11.5 Å². The summed E-state index contributed by atoms with van der Waals surface area (Å²) in [5.74, 6) is 0.506. The number of phenolic OH excluding ortho intramolecular Hbond substituents is 1. The highest BCUT2D eigenvalue weighted by Gasteiger charge is 1.90. The van der Waals surface area contributed by atoms with Gasteiger partial charge >= 0.3 is 6.47 Å². The van der Waals surface area contributed by atoms with Gasteiger partial charge in [-0.1, -0.05) is 0 Å². The van der Waals surface area contributed by atoms with E-state index in [2.05, 4.69) is 4.74 Å². The lowest BCUT2D eigenvalue weighted by atomic mass is 10.3. The summed E-state index contributed by atoms with van der Waals surface area (Å²) < 4.78 is 4.34. The van der Waals surface area contributed by atoms with E-state index in [0.717, 1.165) is 0 Å². The molecule has 1 N–H and O–H groups in total. The zero-order valence-electron chi connectivity index (χ0n) is 5.07. The predicted molar refractivity (Wildman–Crippen MR) is 34.4 cm³/mol. The van der Waals surface area contributed by atoms with Gasteiger partial charge in [0.1, 0.15) is 11.5 Å². The third-order valence-electron chi connectivity index (χ3n) is 0.996. The number of rotatable bonds is 2. The van der Waals surface area contributed by atoms with E-state index in [1.165, 1.54) is 30.7 Å². The van der Waals surface area contributed by atoms with Crippen LogP contribution in [0.15, 0.2) is 24.3 Å². The molecule has 1 aromatic rings. The van der Waals surface area contributed by atoms with Crippen LogP contribution in [-0.4, -0.2) is 11.6 Å². The van der Waals surface area contributed by atoms with Gasteiger partial charge in [0, 0.05) is 0 Å². The van der Waals surface area contributed by atoms with E-state index >= 15 is 0 Å². The molecule has 0 bridgehead atoms. The van der Waals surface area contributed by atoms with Gasteiger partial charge in [-0.05, 0) is 24.3 Å². The number of carbonyl (C=O) groups excluding carboxylic acids is 1. The molecule has 3 nitrogen and oxygen atoms in total. The van der Waals surface area contributed by atoms with Crippen LogP contribution in [0.25, 0.3) is 0 Å². The number of phenols is 1. The smallest absolute Gasteiger partial charge is 0.423 e. The van der Waals surface area contributed by atoms with Gasteiger partial charge in [-0.2, -0.15) is 0 Å². The molecule has 0 aromatic heterocycles. The Bertz CT molecular complexity index is 215. The fourth-order valence-electron chi connectivity index (χ4n) is 0.562. The summed E-state index contributed by atoms with van der Waals surface area (Å²) in [4.78, 5) is 9.65. The quantitative estimate of drug-likeness (QED) is 0.656. The van der Waals surface area contributed by atoms with Crippen molar-refractivity contribution in [3.05, 3.63) is 24.3 Å². The van der Waals surface area contributed by atoms with Crippen molar-refractivity contribution in [2.24, 2.45) is 0 Å². The highest BCUT2D eigenvalue weighted by atomic mass is 16.5. The molecule has 0 saturated heterocycles. The normalized spacial score (nSPS) is 8.80. The Morgan fingerprint density at radius 2 is 1.90 bits per heavy atom. The summed E-state index contributed by atoms with van der Waals surface area (Å²) in [5.41, 5.74) is 0. The number of hydrogen-bond acceptors (Lipinski definition) is 3. The first kappa shape index (κ1) is 6.61. The highest BCUT2D eigenvalue weighted by Crippen LogP contribution is 2.14. The summed E-state index contributed by atoms with van der Waals surface area (Å²) in [6.07, 6.45) is 0. The van der Waals surface area contributed by atoms with Gasteiger partial charge in [0.05, 0.1) is 0 Å². The lowest BCUT2D eigenvalue weighted by Crippen LogP contribution is -1.86. The zero-order chi connectivity index (χ0) is 7.40. The first-order valence-corrected chi connectivity index (χ1v) is 2.66. The minimum Gasteiger partial charge on any atom is -0.508 e. The standard InChI is InChI=1S/C7H5O3/c8-5-10-7-3-1-6(9)2-4-7/h1-4,9H. The van der Waals surface area contributed by atoms with Crippen molar-refractivity contribution in [2.75, 3.05) is 0 Å². The number of aromatic hydroxyl groups is 1. The summed E-state index contributed by atoms with van der Waals surface area (Å²) in [6, 6.07) is 5.79. The lowest BCUT2D eigenvalue weighted by Gasteiger charge is -1.94. The van der Waals surface area contributed by atoms with Gasteiger partial charge in [0.2, 0.25) is 0 Å². The second kappa shape index (κ2) is 2.87. The lowest BCUT2D eigenvalue weighted by molar-refractivity contribution is 0.440. The predicted octanol–water partition coefficient (Wildman–Crippen LogP) is 0.838. The molecule has 0 aliphatic heterocycles. The maximum absolute atomic E-state index is 9.65. The Hall–Kier alpha value is -1.51. The van der Waals surface area contributed by atoms with E-state index in [9.17, 15) is 4.79 Å². The van der Waals surface area contributed by atoms with Gasteiger partial charge in [0.25, 0.3) is 0 Å². The molecular formula is C7H5O3. The molecule has 3 heteroatoms. The molecule has 0 saturated carbocycles. The average Bonchev–Trinajstić information content (AvgIpc) is 1.95. The summed E-state index contributed by atoms with van der Waals surface area (Å²) in [5, 5.41) is 8.77. The largest absolute Gasteiger partial charge is 0.508 e. The second-order valence-corrected chi connectivity index (χ2v) is 1.68.